The Morgan fingerprint density at radius 2 is 2.16 bits per heavy atom. The fraction of sp³-hybridized carbons (Fsp3) is 0.750. The maximum atomic E-state index is 5.98. The van der Waals surface area contributed by atoms with Crippen molar-refractivity contribution in [1.29, 1.82) is 0 Å². The molecule has 0 bridgehead atoms. The number of hydrogen-bond donors (Lipinski definition) is 1. The van der Waals surface area contributed by atoms with Crippen LogP contribution >= 0.6 is 0 Å². The molecule has 3 nitrogen and oxygen atoms in total. The third kappa shape index (κ3) is 3.83. The molecule has 0 spiro atoms. The van der Waals surface area contributed by atoms with E-state index in [1.807, 2.05) is 0 Å². The topological polar surface area (TPSA) is 28.4 Å². The third-order valence-corrected chi connectivity index (χ3v) is 4.40. The van der Waals surface area contributed by atoms with Gasteiger partial charge in [0.25, 0.3) is 0 Å². The Bertz CT molecular complexity index is 399. The standard InChI is InChI=1S/C16H28N2O/c1-5-17-9-16-13(3)8-15(19-16)11-18-7-6-12(2)14(4)10-18/h8,12,14,17H,5-7,9-11H2,1-4H3. The van der Waals surface area contributed by atoms with E-state index >= 15 is 0 Å². The summed E-state index contributed by atoms with van der Waals surface area (Å²) in [6.07, 6.45) is 1.31. The number of hydrogen-bond acceptors (Lipinski definition) is 3. The zero-order valence-electron chi connectivity index (χ0n) is 12.8. The van der Waals surface area contributed by atoms with Crippen LogP contribution in [0.3, 0.4) is 0 Å². The molecule has 0 amide bonds. The van der Waals surface area contributed by atoms with Crippen molar-refractivity contribution in [2.24, 2.45) is 11.8 Å². The molecule has 0 saturated carbocycles. The molecular weight excluding hydrogens is 236 g/mol. The summed E-state index contributed by atoms with van der Waals surface area (Å²) in [6, 6.07) is 2.20. The van der Waals surface area contributed by atoms with Gasteiger partial charge in [-0.3, -0.25) is 4.90 Å². The average molecular weight is 264 g/mol. The molecule has 1 saturated heterocycles. The van der Waals surface area contributed by atoms with Gasteiger partial charge in [-0.2, -0.15) is 0 Å². The van der Waals surface area contributed by atoms with Gasteiger partial charge in [-0.05, 0) is 49.9 Å². The van der Waals surface area contributed by atoms with Crippen molar-refractivity contribution in [3.63, 3.8) is 0 Å². The zero-order chi connectivity index (χ0) is 13.8. The summed E-state index contributed by atoms with van der Waals surface area (Å²) in [5.74, 6) is 3.87. The van der Waals surface area contributed by atoms with Crippen molar-refractivity contribution < 1.29 is 4.42 Å². The highest BCUT2D eigenvalue weighted by molar-refractivity contribution is 5.20. The lowest BCUT2D eigenvalue weighted by Gasteiger charge is -2.34. The summed E-state index contributed by atoms with van der Waals surface area (Å²) in [5.41, 5.74) is 1.27. The van der Waals surface area contributed by atoms with Crippen LogP contribution in [0.1, 0.15) is 44.3 Å². The van der Waals surface area contributed by atoms with E-state index in [9.17, 15) is 0 Å². The Balaban J connectivity index is 1.92. The molecule has 3 heteroatoms. The smallest absolute Gasteiger partial charge is 0.120 e. The molecule has 1 fully saturated rings. The van der Waals surface area contributed by atoms with Crippen LogP contribution in [-0.4, -0.2) is 24.5 Å². The van der Waals surface area contributed by atoms with Crippen LogP contribution in [0.25, 0.3) is 0 Å². The van der Waals surface area contributed by atoms with E-state index in [2.05, 4.69) is 44.0 Å². The number of furan rings is 1. The second-order valence-electron chi connectivity index (χ2n) is 6.08. The molecule has 2 heterocycles. The number of nitrogens with zero attached hydrogens (tertiary/aromatic N) is 1. The molecule has 2 atom stereocenters. The van der Waals surface area contributed by atoms with Crippen LogP contribution < -0.4 is 5.32 Å². The second-order valence-corrected chi connectivity index (χ2v) is 6.08. The van der Waals surface area contributed by atoms with Crippen molar-refractivity contribution in [3.05, 3.63) is 23.2 Å². The molecule has 1 aromatic rings. The maximum Gasteiger partial charge on any atom is 0.120 e. The van der Waals surface area contributed by atoms with Crippen LogP contribution in [-0.2, 0) is 13.1 Å². The van der Waals surface area contributed by atoms with Gasteiger partial charge in [-0.15, -0.1) is 0 Å². The van der Waals surface area contributed by atoms with E-state index in [-0.39, 0.29) is 0 Å². The summed E-state index contributed by atoms with van der Waals surface area (Å²) >= 11 is 0. The first-order valence-corrected chi connectivity index (χ1v) is 7.61. The monoisotopic (exact) mass is 264 g/mol. The van der Waals surface area contributed by atoms with E-state index in [0.29, 0.717) is 0 Å². The van der Waals surface area contributed by atoms with Crippen LogP contribution in [0.4, 0.5) is 0 Å². The molecule has 2 unspecified atom stereocenters. The molecule has 1 N–H and O–H groups in total. The molecular formula is C16H28N2O. The molecule has 0 aromatic carbocycles. The fourth-order valence-electron chi connectivity index (χ4n) is 2.80. The zero-order valence-corrected chi connectivity index (χ0v) is 12.8. The Morgan fingerprint density at radius 1 is 1.37 bits per heavy atom. The SMILES string of the molecule is CCNCc1oc(CN2CCC(C)C(C)C2)cc1C. The molecule has 0 radical (unpaired) electrons. The van der Waals surface area contributed by atoms with E-state index < -0.39 is 0 Å². The largest absolute Gasteiger partial charge is 0.463 e. The summed E-state index contributed by atoms with van der Waals surface area (Å²) in [7, 11) is 0. The van der Waals surface area contributed by atoms with Gasteiger partial charge < -0.3 is 9.73 Å². The van der Waals surface area contributed by atoms with Crippen LogP contribution in [0.5, 0.6) is 0 Å². The highest BCUT2D eigenvalue weighted by atomic mass is 16.3. The number of nitrogens with one attached hydrogen (secondary N) is 1. The fourth-order valence-corrected chi connectivity index (χ4v) is 2.80. The lowest BCUT2D eigenvalue weighted by molar-refractivity contribution is 0.124. The van der Waals surface area contributed by atoms with E-state index in [4.69, 9.17) is 4.42 Å². The summed E-state index contributed by atoms with van der Waals surface area (Å²) in [4.78, 5) is 2.53. The molecule has 1 aliphatic heterocycles. The van der Waals surface area contributed by atoms with Gasteiger partial charge in [0.2, 0.25) is 0 Å². The third-order valence-electron chi connectivity index (χ3n) is 4.40. The second kappa shape index (κ2) is 6.58. The van der Waals surface area contributed by atoms with Crippen molar-refractivity contribution in [2.45, 2.75) is 47.2 Å². The summed E-state index contributed by atoms with van der Waals surface area (Å²) < 4.78 is 5.98. The first-order chi connectivity index (χ1) is 9.10. The molecule has 1 aliphatic rings. The van der Waals surface area contributed by atoms with Crippen LogP contribution in [0, 0.1) is 18.8 Å². The van der Waals surface area contributed by atoms with E-state index in [1.165, 1.54) is 25.1 Å². The molecule has 19 heavy (non-hydrogen) atoms. The van der Waals surface area contributed by atoms with Crippen molar-refractivity contribution in [1.82, 2.24) is 10.2 Å². The average Bonchev–Trinajstić information content (AvgIpc) is 2.72. The minimum atomic E-state index is 0.797. The van der Waals surface area contributed by atoms with Gasteiger partial charge >= 0.3 is 0 Å². The summed E-state index contributed by atoms with van der Waals surface area (Å²) in [5, 5.41) is 3.33. The van der Waals surface area contributed by atoms with Crippen LogP contribution in [0.15, 0.2) is 10.5 Å². The Morgan fingerprint density at radius 3 is 2.84 bits per heavy atom. The van der Waals surface area contributed by atoms with E-state index in [0.717, 1.165) is 43.0 Å². The van der Waals surface area contributed by atoms with E-state index in [1.54, 1.807) is 0 Å². The quantitative estimate of drug-likeness (QED) is 0.885. The first-order valence-electron chi connectivity index (χ1n) is 7.61. The molecule has 1 aromatic heterocycles. The Labute approximate surface area is 117 Å². The van der Waals surface area contributed by atoms with Gasteiger partial charge in [0.15, 0.2) is 0 Å². The van der Waals surface area contributed by atoms with Gasteiger partial charge in [0.1, 0.15) is 11.5 Å². The van der Waals surface area contributed by atoms with Crippen molar-refractivity contribution in [2.75, 3.05) is 19.6 Å². The first kappa shape index (κ1) is 14.6. The Hall–Kier alpha value is -0.800. The molecule has 0 aliphatic carbocycles. The highest BCUT2D eigenvalue weighted by Crippen LogP contribution is 2.24. The minimum Gasteiger partial charge on any atom is -0.463 e. The lowest BCUT2D eigenvalue weighted by Crippen LogP contribution is -2.37. The molecule has 2 rings (SSSR count). The number of likely N-dealkylation sites (tertiary alicyclic amines) is 1. The number of rotatable bonds is 5. The van der Waals surface area contributed by atoms with Crippen LogP contribution in [0.2, 0.25) is 0 Å². The van der Waals surface area contributed by atoms with Gasteiger partial charge in [0.05, 0.1) is 13.1 Å². The number of aryl methyl sites for hydroxylation is 1. The predicted octanol–water partition coefficient (Wildman–Crippen LogP) is 3.18. The molecule has 108 valence electrons. The maximum absolute atomic E-state index is 5.98. The lowest BCUT2D eigenvalue weighted by atomic mass is 9.89. The minimum absolute atomic E-state index is 0.797. The Kier molecular flexibility index (Phi) is 5.06. The van der Waals surface area contributed by atoms with Crippen molar-refractivity contribution in [3.8, 4) is 0 Å². The van der Waals surface area contributed by atoms with Crippen molar-refractivity contribution >= 4 is 0 Å². The highest BCUT2D eigenvalue weighted by Gasteiger charge is 2.23. The summed E-state index contributed by atoms with van der Waals surface area (Å²) in [6.45, 7) is 14.2. The number of piperidine rings is 1. The van der Waals surface area contributed by atoms with Gasteiger partial charge in [0, 0.05) is 6.54 Å². The van der Waals surface area contributed by atoms with Gasteiger partial charge in [-0.1, -0.05) is 20.8 Å². The van der Waals surface area contributed by atoms with Gasteiger partial charge in [-0.25, -0.2) is 0 Å². The predicted molar refractivity (Wildman–Crippen MR) is 79.0 cm³/mol. The normalized spacial score (nSPS) is 24.8.